The predicted octanol–water partition coefficient (Wildman–Crippen LogP) is 1.80. The van der Waals surface area contributed by atoms with Crippen LogP contribution in [0.15, 0.2) is 18.2 Å². The summed E-state index contributed by atoms with van der Waals surface area (Å²) >= 11 is 0. The molecule has 2 aliphatic heterocycles. The van der Waals surface area contributed by atoms with Gasteiger partial charge >= 0.3 is 0 Å². The predicted molar refractivity (Wildman–Crippen MR) is 87.4 cm³/mol. The number of nitro benzene ring substituents is 2. The Morgan fingerprint density at radius 2 is 1.88 bits per heavy atom. The molecule has 0 N–H and O–H groups in total. The van der Waals surface area contributed by atoms with Gasteiger partial charge in [-0.05, 0) is 18.9 Å². The molecular weight excluding hydrogens is 316 g/mol. The van der Waals surface area contributed by atoms with Crippen LogP contribution in [0.4, 0.5) is 17.1 Å². The van der Waals surface area contributed by atoms with Crippen molar-refractivity contribution >= 4 is 17.1 Å². The fourth-order valence-corrected chi connectivity index (χ4v) is 3.29. The second-order valence-electron chi connectivity index (χ2n) is 6.11. The zero-order valence-electron chi connectivity index (χ0n) is 13.3. The van der Waals surface area contributed by atoms with Gasteiger partial charge < -0.3 is 9.64 Å². The third-order valence-electron chi connectivity index (χ3n) is 4.57. The van der Waals surface area contributed by atoms with E-state index in [1.807, 2.05) is 4.90 Å². The summed E-state index contributed by atoms with van der Waals surface area (Å²) in [7, 11) is 0. The Bertz CT molecular complexity index is 624. The van der Waals surface area contributed by atoms with E-state index in [9.17, 15) is 20.2 Å². The molecule has 1 atom stereocenters. The van der Waals surface area contributed by atoms with Gasteiger partial charge in [0.1, 0.15) is 5.69 Å². The van der Waals surface area contributed by atoms with Crippen LogP contribution in [0.3, 0.4) is 0 Å². The lowest BCUT2D eigenvalue weighted by Crippen LogP contribution is -2.48. The van der Waals surface area contributed by atoms with Crippen molar-refractivity contribution < 1.29 is 14.6 Å². The summed E-state index contributed by atoms with van der Waals surface area (Å²) < 4.78 is 5.64. The van der Waals surface area contributed by atoms with Gasteiger partial charge in [-0.15, -0.1) is 0 Å². The molecule has 2 fully saturated rings. The SMILES string of the molecule is O=[N+]([O-])c1ccc(N2CCN(CC3CCCO3)CC2)c([N+](=O)[O-])c1. The number of hydrogen-bond acceptors (Lipinski definition) is 7. The third kappa shape index (κ3) is 3.62. The van der Waals surface area contributed by atoms with Gasteiger partial charge in [0.15, 0.2) is 0 Å². The lowest BCUT2D eigenvalue weighted by molar-refractivity contribution is -0.393. The van der Waals surface area contributed by atoms with Crippen LogP contribution in [0.25, 0.3) is 0 Å². The van der Waals surface area contributed by atoms with Crippen LogP contribution < -0.4 is 4.90 Å². The summed E-state index contributed by atoms with van der Waals surface area (Å²) in [5.74, 6) is 0. The minimum absolute atomic E-state index is 0.211. The molecule has 2 aliphatic rings. The zero-order valence-corrected chi connectivity index (χ0v) is 13.3. The van der Waals surface area contributed by atoms with Crippen molar-refractivity contribution in [3.63, 3.8) is 0 Å². The second kappa shape index (κ2) is 7.10. The largest absolute Gasteiger partial charge is 0.377 e. The Morgan fingerprint density at radius 1 is 1.12 bits per heavy atom. The first-order chi connectivity index (χ1) is 11.5. The van der Waals surface area contributed by atoms with Crippen molar-refractivity contribution in [2.75, 3.05) is 44.2 Å². The highest BCUT2D eigenvalue weighted by molar-refractivity contribution is 5.67. The minimum Gasteiger partial charge on any atom is -0.377 e. The fourth-order valence-electron chi connectivity index (χ4n) is 3.29. The molecule has 0 radical (unpaired) electrons. The van der Waals surface area contributed by atoms with E-state index >= 15 is 0 Å². The standard InChI is InChI=1S/C15H20N4O5/c20-18(21)12-3-4-14(15(10-12)19(22)23)17-7-5-16(6-8-17)11-13-2-1-9-24-13/h3-4,10,13H,1-2,5-9,11H2. The highest BCUT2D eigenvalue weighted by atomic mass is 16.6. The average molecular weight is 336 g/mol. The Kier molecular flexibility index (Phi) is 4.91. The topological polar surface area (TPSA) is 102 Å². The maximum atomic E-state index is 11.3. The van der Waals surface area contributed by atoms with Gasteiger partial charge in [0.05, 0.1) is 22.0 Å². The highest BCUT2D eigenvalue weighted by Gasteiger charge is 2.27. The molecule has 1 aromatic rings. The first kappa shape index (κ1) is 16.6. The van der Waals surface area contributed by atoms with Crippen LogP contribution in [0.1, 0.15) is 12.8 Å². The van der Waals surface area contributed by atoms with Crippen LogP contribution in [0, 0.1) is 20.2 Å². The van der Waals surface area contributed by atoms with Gasteiger partial charge in [-0.3, -0.25) is 25.1 Å². The molecule has 9 nitrogen and oxygen atoms in total. The summed E-state index contributed by atoms with van der Waals surface area (Å²) in [5, 5.41) is 22.1. The van der Waals surface area contributed by atoms with Crippen LogP contribution in [-0.4, -0.2) is 60.2 Å². The summed E-state index contributed by atoms with van der Waals surface area (Å²) in [4.78, 5) is 25.1. The van der Waals surface area contributed by atoms with E-state index in [0.717, 1.165) is 45.1 Å². The molecule has 1 unspecified atom stereocenters. The second-order valence-corrected chi connectivity index (χ2v) is 6.11. The summed E-state index contributed by atoms with van der Waals surface area (Å²) in [5.41, 5.74) is -0.0263. The van der Waals surface area contributed by atoms with E-state index < -0.39 is 9.85 Å². The average Bonchev–Trinajstić information content (AvgIpc) is 3.08. The lowest BCUT2D eigenvalue weighted by atomic mass is 10.2. The quantitative estimate of drug-likeness (QED) is 0.597. The molecule has 0 bridgehead atoms. The number of hydrogen-bond donors (Lipinski definition) is 0. The van der Waals surface area contributed by atoms with Crippen molar-refractivity contribution in [3.8, 4) is 0 Å². The Labute approximate surface area is 139 Å². The molecule has 0 aromatic heterocycles. The molecule has 2 saturated heterocycles. The van der Waals surface area contributed by atoms with E-state index in [1.54, 1.807) is 0 Å². The molecule has 9 heteroatoms. The van der Waals surface area contributed by atoms with Crippen LogP contribution in [-0.2, 0) is 4.74 Å². The highest BCUT2D eigenvalue weighted by Crippen LogP contribution is 2.32. The minimum atomic E-state index is -0.615. The lowest BCUT2D eigenvalue weighted by Gasteiger charge is -2.36. The van der Waals surface area contributed by atoms with E-state index in [4.69, 9.17) is 4.74 Å². The summed E-state index contributed by atoms with van der Waals surface area (Å²) in [6.45, 7) is 4.65. The number of piperazine rings is 1. The van der Waals surface area contributed by atoms with Gasteiger partial charge in [-0.1, -0.05) is 0 Å². The number of anilines is 1. The van der Waals surface area contributed by atoms with Crippen molar-refractivity contribution in [3.05, 3.63) is 38.4 Å². The van der Waals surface area contributed by atoms with Gasteiger partial charge in [0, 0.05) is 45.4 Å². The maximum Gasteiger partial charge on any atom is 0.299 e. The monoisotopic (exact) mass is 336 g/mol. The summed E-state index contributed by atoms with van der Waals surface area (Å²) in [6.07, 6.45) is 2.50. The van der Waals surface area contributed by atoms with Gasteiger partial charge in [-0.2, -0.15) is 0 Å². The van der Waals surface area contributed by atoms with Crippen molar-refractivity contribution in [2.45, 2.75) is 18.9 Å². The van der Waals surface area contributed by atoms with E-state index in [0.29, 0.717) is 24.9 Å². The van der Waals surface area contributed by atoms with Gasteiger partial charge in [-0.25, -0.2) is 0 Å². The molecule has 24 heavy (non-hydrogen) atoms. The number of ether oxygens (including phenoxy) is 1. The molecule has 3 rings (SSSR count). The number of non-ortho nitro benzene ring substituents is 1. The van der Waals surface area contributed by atoms with E-state index in [-0.39, 0.29) is 11.4 Å². The van der Waals surface area contributed by atoms with Crippen molar-refractivity contribution in [1.82, 2.24) is 4.90 Å². The Balaban J connectivity index is 1.67. The summed E-state index contributed by atoms with van der Waals surface area (Å²) in [6, 6.07) is 3.83. The third-order valence-corrected chi connectivity index (χ3v) is 4.57. The molecule has 130 valence electrons. The molecule has 2 heterocycles. The number of nitro groups is 2. The van der Waals surface area contributed by atoms with Crippen molar-refractivity contribution in [1.29, 1.82) is 0 Å². The molecule has 1 aromatic carbocycles. The molecule has 0 amide bonds. The maximum absolute atomic E-state index is 11.3. The Hall–Kier alpha value is -2.26. The molecular formula is C15H20N4O5. The normalized spacial score (nSPS) is 21.8. The van der Waals surface area contributed by atoms with E-state index in [2.05, 4.69) is 4.90 Å². The van der Waals surface area contributed by atoms with Gasteiger partial charge in [0.2, 0.25) is 0 Å². The molecule has 0 saturated carbocycles. The first-order valence-corrected chi connectivity index (χ1v) is 8.06. The van der Waals surface area contributed by atoms with Gasteiger partial charge in [0.25, 0.3) is 11.4 Å². The number of benzene rings is 1. The molecule has 0 aliphatic carbocycles. The Morgan fingerprint density at radius 3 is 2.46 bits per heavy atom. The molecule has 0 spiro atoms. The van der Waals surface area contributed by atoms with Crippen molar-refractivity contribution in [2.24, 2.45) is 0 Å². The van der Waals surface area contributed by atoms with Crippen LogP contribution >= 0.6 is 0 Å². The van der Waals surface area contributed by atoms with Crippen LogP contribution in [0.2, 0.25) is 0 Å². The fraction of sp³-hybridized carbons (Fsp3) is 0.600. The van der Waals surface area contributed by atoms with E-state index in [1.165, 1.54) is 12.1 Å². The smallest absolute Gasteiger partial charge is 0.299 e. The zero-order chi connectivity index (χ0) is 17.1. The number of rotatable bonds is 5. The van der Waals surface area contributed by atoms with Crippen LogP contribution in [0.5, 0.6) is 0 Å². The number of nitrogens with zero attached hydrogens (tertiary/aromatic N) is 4. The first-order valence-electron chi connectivity index (χ1n) is 8.06.